The number of nitrogens with one attached hydrogen (secondary N) is 1. The molecule has 1 N–H and O–H groups in total. The van der Waals surface area contributed by atoms with Crippen molar-refractivity contribution in [3.8, 4) is 0 Å². The predicted octanol–water partition coefficient (Wildman–Crippen LogP) is 3.55. The summed E-state index contributed by atoms with van der Waals surface area (Å²) in [6, 6.07) is 6.33. The van der Waals surface area contributed by atoms with Crippen LogP contribution in [0.5, 0.6) is 0 Å². The minimum absolute atomic E-state index is 0.194. The first-order chi connectivity index (χ1) is 8.68. The molecular weight excluding hydrogens is 253 g/mol. The van der Waals surface area contributed by atoms with Crippen LogP contribution < -0.4 is 5.32 Å². The summed E-state index contributed by atoms with van der Waals surface area (Å²) in [5.41, 5.74) is 0.243. The maximum Gasteiger partial charge on any atom is 0.242 e. The van der Waals surface area contributed by atoms with Crippen LogP contribution in [0.25, 0.3) is 0 Å². The van der Waals surface area contributed by atoms with Crippen LogP contribution in [0.2, 0.25) is 0 Å². The first-order valence-electron chi connectivity index (χ1n) is 6.37. The highest BCUT2D eigenvalue weighted by Crippen LogP contribution is 2.25. The SMILES string of the molecule is O=C(NC1CCCCC1)C(Cl)c1ccccc1F. The summed E-state index contributed by atoms with van der Waals surface area (Å²) in [5, 5.41) is 1.96. The Morgan fingerprint density at radius 2 is 1.94 bits per heavy atom. The van der Waals surface area contributed by atoms with Crippen molar-refractivity contribution in [2.45, 2.75) is 43.5 Å². The van der Waals surface area contributed by atoms with Gasteiger partial charge in [0, 0.05) is 11.6 Å². The lowest BCUT2D eigenvalue weighted by atomic mass is 9.95. The second kappa shape index (κ2) is 6.19. The summed E-state index contributed by atoms with van der Waals surface area (Å²) in [6.45, 7) is 0. The summed E-state index contributed by atoms with van der Waals surface area (Å²) >= 11 is 6.03. The molecule has 98 valence electrons. The van der Waals surface area contributed by atoms with Crippen molar-refractivity contribution >= 4 is 17.5 Å². The molecule has 2 nitrogen and oxygen atoms in total. The van der Waals surface area contributed by atoms with Gasteiger partial charge in [-0.05, 0) is 18.9 Å². The number of carbonyl (C=O) groups is 1. The molecule has 18 heavy (non-hydrogen) atoms. The van der Waals surface area contributed by atoms with Crippen LogP contribution in [0, 0.1) is 5.82 Å². The molecule has 0 saturated heterocycles. The van der Waals surface area contributed by atoms with E-state index in [0.29, 0.717) is 0 Å². The van der Waals surface area contributed by atoms with E-state index < -0.39 is 11.2 Å². The molecule has 1 fully saturated rings. The second-order valence-electron chi connectivity index (χ2n) is 4.73. The van der Waals surface area contributed by atoms with E-state index in [4.69, 9.17) is 11.6 Å². The molecule has 0 radical (unpaired) electrons. The Hall–Kier alpha value is -1.09. The van der Waals surface area contributed by atoms with Gasteiger partial charge < -0.3 is 5.32 Å². The van der Waals surface area contributed by atoms with Gasteiger partial charge in [0.05, 0.1) is 0 Å². The van der Waals surface area contributed by atoms with Gasteiger partial charge in [-0.15, -0.1) is 11.6 Å². The van der Waals surface area contributed by atoms with E-state index in [-0.39, 0.29) is 17.5 Å². The van der Waals surface area contributed by atoms with E-state index in [1.807, 2.05) is 0 Å². The number of amides is 1. The molecule has 0 aliphatic heterocycles. The number of halogens is 2. The van der Waals surface area contributed by atoms with E-state index in [1.165, 1.54) is 12.5 Å². The molecule has 2 rings (SSSR count). The minimum atomic E-state index is -0.951. The zero-order valence-electron chi connectivity index (χ0n) is 10.2. The molecule has 1 aliphatic carbocycles. The topological polar surface area (TPSA) is 29.1 Å². The van der Waals surface area contributed by atoms with E-state index >= 15 is 0 Å². The Kier molecular flexibility index (Phi) is 4.59. The summed E-state index contributed by atoms with van der Waals surface area (Å²) in [5.74, 6) is -0.732. The number of hydrogen-bond acceptors (Lipinski definition) is 1. The van der Waals surface area contributed by atoms with Crippen LogP contribution in [0.4, 0.5) is 4.39 Å². The lowest BCUT2D eigenvalue weighted by Gasteiger charge is -2.24. The Labute approximate surface area is 112 Å². The third-order valence-electron chi connectivity index (χ3n) is 3.36. The van der Waals surface area contributed by atoms with E-state index in [2.05, 4.69) is 5.32 Å². The van der Waals surface area contributed by atoms with Gasteiger partial charge in [-0.25, -0.2) is 4.39 Å². The fraction of sp³-hybridized carbons (Fsp3) is 0.500. The van der Waals surface area contributed by atoms with Crippen LogP contribution in [0.1, 0.15) is 43.0 Å². The highest BCUT2D eigenvalue weighted by molar-refractivity contribution is 6.30. The number of benzene rings is 1. The van der Waals surface area contributed by atoms with Crippen molar-refractivity contribution < 1.29 is 9.18 Å². The van der Waals surface area contributed by atoms with E-state index in [9.17, 15) is 9.18 Å². The summed E-state index contributed by atoms with van der Waals surface area (Å²) in [7, 11) is 0. The molecular formula is C14H17ClFNO. The summed E-state index contributed by atoms with van der Waals surface area (Å²) < 4.78 is 13.5. The first-order valence-corrected chi connectivity index (χ1v) is 6.81. The molecule has 1 aromatic rings. The van der Waals surface area contributed by atoms with Gasteiger partial charge in [0.25, 0.3) is 0 Å². The number of carbonyl (C=O) groups excluding carboxylic acids is 1. The summed E-state index contributed by atoms with van der Waals surface area (Å²) in [6.07, 6.45) is 5.48. The fourth-order valence-electron chi connectivity index (χ4n) is 2.34. The van der Waals surface area contributed by atoms with Gasteiger partial charge in [-0.3, -0.25) is 4.79 Å². The zero-order chi connectivity index (χ0) is 13.0. The largest absolute Gasteiger partial charge is 0.352 e. The van der Waals surface area contributed by atoms with Gasteiger partial charge >= 0.3 is 0 Å². The Morgan fingerprint density at radius 3 is 2.61 bits per heavy atom. The smallest absolute Gasteiger partial charge is 0.242 e. The Balaban J connectivity index is 1.98. The van der Waals surface area contributed by atoms with Gasteiger partial charge in [0.15, 0.2) is 0 Å². The van der Waals surface area contributed by atoms with Crippen LogP contribution in [0.15, 0.2) is 24.3 Å². The third-order valence-corrected chi connectivity index (χ3v) is 3.79. The highest BCUT2D eigenvalue weighted by atomic mass is 35.5. The molecule has 1 saturated carbocycles. The molecule has 1 unspecified atom stereocenters. The first kappa shape index (κ1) is 13.3. The van der Waals surface area contributed by atoms with Gasteiger partial charge in [0.2, 0.25) is 5.91 Å². The number of hydrogen-bond donors (Lipinski definition) is 1. The number of rotatable bonds is 3. The maximum absolute atomic E-state index is 13.5. The lowest BCUT2D eigenvalue weighted by molar-refractivity contribution is -0.121. The average molecular weight is 270 g/mol. The standard InChI is InChI=1S/C14H17ClFNO/c15-13(11-8-4-5-9-12(11)16)14(18)17-10-6-2-1-3-7-10/h4-5,8-10,13H,1-3,6-7H2,(H,17,18). The molecule has 1 atom stereocenters. The van der Waals surface area contributed by atoms with Crippen LogP contribution in [0.3, 0.4) is 0 Å². The second-order valence-corrected chi connectivity index (χ2v) is 5.16. The van der Waals surface area contributed by atoms with Crippen molar-refractivity contribution in [3.05, 3.63) is 35.6 Å². The zero-order valence-corrected chi connectivity index (χ0v) is 10.9. The lowest BCUT2D eigenvalue weighted by Crippen LogP contribution is -2.38. The van der Waals surface area contributed by atoms with Crippen LogP contribution >= 0.6 is 11.6 Å². The Morgan fingerprint density at radius 1 is 1.28 bits per heavy atom. The summed E-state index contributed by atoms with van der Waals surface area (Å²) in [4.78, 5) is 12.0. The molecule has 1 aliphatic rings. The van der Waals surface area contributed by atoms with Crippen LogP contribution in [-0.4, -0.2) is 11.9 Å². The molecule has 1 amide bonds. The third kappa shape index (κ3) is 3.22. The average Bonchev–Trinajstić information content (AvgIpc) is 2.39. The predicted molar refractivity (Wildman–Crippen MR) is 70.0 cm³/mol. The van der Waals surface area contributed by atoms with Gasteiger partial charge in [-0.2, -0.15) is 0 Å². The van der Waals surface area contributed by atoms with Gasteiger partial charge in [-0.1, -0.05) is 37.5 Å². The molecule has 0 bridgehead atoms. The highest BCUT2D eigenvalue weighted by Gasteiger charge is 2.24. The molecule has 0 aromatic heterocycles. The minimum Gasteiger partial charge on any atom is -0.352 e. The van der Waals surface area contributed by atoms with Crippen molar-refractivity contribution in [1.82, 2.24) is 5.32 Å². The van der Waals surface area contributed by atoms with Gasteiger partial charge in [0.1, 0.15) is 11.2 Å². The van der Waals surface area contributed by atoms with Crippen molar-refractivity contribution in [1.29, 1.82) is 0 Å². The van der Waals surface area contributed by atoms with Crippen LogP contribution in [-0.2, 0) is 4.79 Å². The monoisotopic (exact) mass is 269 g/mol. The maximum atomic E-state index is 13.5. The molecule has 4 heteroatoms. The quantitative estimate of drug-likeness (QED) is 0.836. The molecule has 0 heterocycles. The molecule has 0 spiro atoms. The Bertz CT molecular complexity index is 418. The number of alkyl halides is 1. The van der Waals surface area contributed by atoms with E-state index in [1.54, 1.807) is 18.2 Å². The van der Waals surface area contributed by atoms with Crippen molar-refractivity contribution in [2.75, 3.05) is 0 Å². The fourth-order valence-corrected chi connectivity index (χ4v) is 2.58. The molecule has 1 aromatic carbocycles. The van der Waals surface area contributed by atoms with E-state index in [0.717, 1.165) is 25.7 Å². The van der Waals surface area contributed by atoms with Crippen molar-refractivity contribution in [2.24, 2.45) is 0 Å². The van der Waals surface area contributed by atoms with Crippen molar-refractivity contribution in [3.63, 3.8) is 0 Å². The normalized spacial score (nSPS) is 18.3.